The summed E-state index contributed by atoms with van der Waals surface area (Å²) < 4.78 is 0.986. The van der Waals surface area contributed by atoms with Crippen LogP contribution in [0, 0.1) is 11.8 Å². The maximum Gasteiger partial charge on any atom is 0.118 e. The number of hydrogen-bond donors (Lipinski definition) is 1. The number of unbranched alkanes of at least 4 members (excludes halogenated alkanes) is 3. The van der Waals surface area contributed by atoms with Gasteiger partial charge in [0.1, 0.15) is 11.6 Å². The molecule has 0 amide bonds. The van der Waals surface area contributed by atoms with E-state index in [-0.39, 0.29) is 0 Å². The maximum absolute atomic E-state index is 10.9. The van der Waals surface area contributed by atoms with Crippen LogP contribution in [0.2, 0.25) is 0 Å². The van der Waals surface area contributed by atoms with Crippen LogP contribution >= 0.6 is 0 Å². The van der Waals surface area contributed by atoms with Gasteiger partial charge in [-0.25, -0.2) is 0 Å². The summed E-state index contributed by atoms with van der Waals surface area (Å²) in [6.07, 6.45) is 8.61. The van der Waals surface area contributed by atoms with Gasteiger partial charge in [0.25, 0.3) is 0 Å². The number of likely N-dealkylation sites (N-methyl/N-ethyl adjacent to an activating group) is 1. The average molecular weight is 285 g/mol. The molecule has 0 bridgehead atoms. The van der Waals surface area contributed by atoms with E-state index in [0.29, 0.717) is 6.04 Å². The van der Waals surface area contributed by atoms with E-state index in [1.807, 2.05) is 0 Å². The fourth-order valence-electron chi connectivity index (χ4n) is 4.05. The first-order valence-corrected chi connectivity index (χ1v) is 8.75. The summed E-state index contributed by atoms with van der Waals surface area (Å²) in [5.41, 5.74) is -0.486. The monoisotopic (exact) mass is 284 g/mol. The Hall–Kier alpha value is -0.0800. The summed E-state index contributed by atoms with van der Waals surface area (Å²) in [5, 5.41) is 10.9. The largest absolute Gasteiger partial charge is 0.384 e. The van der Waals surface area contributed by atoms with Gasteiger partial charge in [0, 0.05) is 6.42 Å². The molecular formula is C18H38NO+. The Labute approximate surface area is 127 Å². The summed E-state index contributed by atoms with van der Waals surface area (Å²) in [6.45, 7) is 10.2. The van der Waals surface area contributed by atoms with Crippen LogP contribution in [0.5, 0.6) is 0 Å². The van der Waals surface area contributed by atoms with Crippen LogP contribution in [0.25, 0.3) is 0 Å². The van der Waals surface area contributed by atoms with E-state index >= 15 is 0 Å². The van der Waals surface area contributed by atoms with Crippen LogP contribution in [0.4, 0.5) is 0 Å². The molecule has 0 aromatic heterocycles. The third-order valence-electron chi connectivity index (χ3n) is 5.64. The molecule has 3 unspecified atom stereocenters. The number of quaternary nitrogens is 1. The second-order valence-electron chi connectivity index (χ2n) is 8.21. The predicted molar refractivity (Wildman–Crippen MR) is 87.7 cm³/mol. The normalized spacial score (nSPS) is 31.8. The fraction of sp³-hybridized carbons (Fsp3) is 1.00. The molecule has 2 heteroatoms. The number of rotatable bonds is 7. The van der Waals surface area contributed by atoms with Crippen LogP contribution in [-0.2, 0) is 0 Å². The molecule has 0 aliphatic heterocycles. The molecule has 120 valence electrons. The van der Waals surface area contributed by atoms with Gasteiger partial charge in [-0.15, -0.1) is 0 Å². The van der Waals surface area contributed by atoms with Crippen LogP contribution in [0.1, 0.15) is 72.6 Å². The second kappa shape index (κ2) is 7.26. The molecule has 1 aliphatic carbocycles. The van der Waals surface area contributed by atoms with Crippen molar-refractivity contribution in [3.8, 4) is 0 Å². The van der Waals surface area contributed by atoms with Crippen molar-refractivity contribution in [1.82, 2.24) is 0 Å². The van der Waals surface area contributed by atoms with E-state index in [9.17, 15) is 5.11 Å². The smallest absolute Gasteiger partial charge is 0.118 e. The Balaban J connectivity index is 2.67. The molecule has 1 aliphatic rings. The molecule has 1 N–H and O–H groups in total. The third kappa shape index (κ3) is 4.73. The van der Waals surface area contributed by atoms with E-state index in [4.69, 9.17) is 0 Å². The summed E-state index contributed by atoms with van der Waals surface area (Å²) in [5.74, 6) is 1.53. The molecule has 0 aromatic carbocycles. The zero-order valence-electron chi connectivity index (χ0n) is 14.8. The van der Waals surface area contributed by atoms with Gasteiger partial charge in [0.2, 0.25) is 0 Å². The minimum Gasteiger partial charge on any atom is -0.384 e. The molecule has 0 saturated heterocycles. The highest BCUT2D eigenvalue weighted by molar-refractivity contribution is 4.91. The number of hydrogen-bond acceptors (Lipinski definition) is 1. The summed E-state index contributed by atoms with van der Waals surface area (Å²) >= 11 is 0. The van der Waals surface area contributed by atoms with Crippen molar-refractivity contribution >= 4 is 0 Å². The van der Waals surface area contributed by atoms with Gasteiger partial charge in [-0.2, -0.15) is 0 Å². The Morgan fingerprint density at radius 3 is 2.40 bits per heavy atom. The lowest BCUT2D eigenvalue weighted by atomic mass is 9.71. The van der Waals surface area contributed by atoms with E-state index in [0.717, 1.165) is 22.7 Å². The molecule has 1 rings (SSSR count). The summed E-state index contributed by atoms with van der Waals surface area (Å²) in [6, 6.07) is 0.394. The average Bonchev–Trinajstić information content (AvgIpc) is 2.33. The molecule has 3 atom stereocenters. The lowest BCUT2D eigenvalue weighted by Gasteiger charge is -2.50. The highest BCUT2D eigenvalue weighted by atomic mass is 16.3. The Bertz CT molecular complexity index is 283. The van der Waals surface area contributed by atoms with E-state index < -0.39 is 5.60 Å². The molecule has 2 nitrogen and oxygen atoms in total. The second-order valence-corrected chi connectivity index (χ2v) is 8.21. The highest BCUT2D eigenvalue weighted by Gasteiger charge is 2.47. The number of nitrogens with zero attached hydrogens (tertiary/aromatic N) is 1. The molecule has 1 saturated carbocycles. The minimum atomic E-state index is -0.486. The summed E-state index contributed by atoms with van der Waals surface area (Å²) in [7, 11) is 4.65. The highest BCUT2D eigenvalue weighted by Crippen LogP contribution is 2.40. The zero-order chi connectivity index (χ0) is 15.4. The van der Waals surface area contributed by atoms with Gasteiger partial charge < -0.3 is 9.59 Å². The van der Waals surface area contributed by atoms with Crippen LogP contribution < -0.4 is 0 Å². The summed E-state index contributed by atoms with van der Waals surface area (Å²) in [4.78, 5) is 0. The van der Waals surface area contributed by atoms with Gasteiger partial charge >= 0.3 is 0 Å². The van der Waals surface area contributed by atoms with Crippen LogP contribution in [0.3, 0.4) is 0 Å². The SMILES string of the molecule is CCCCCC[N+](C)(C)C1CC(C(C)C)CCC1(C)O. The van der Waals surface area contributed by atoms with Gasteiger partial charge in [-0.1, -0.05) is 33.6 Å². The van der Waals surface area contributed by atoms with Gasteiger partial charge in [-0.3, -0.25) is 0 Å². The van der Waals surface area contributed by atoms with Crippen LogP contribution in [-0.4, -0.2) is 41.9 Å². The zero-order valence-corrected chi connectivity index (χ0v) is 14.8. The Morgan fingerprint density at radius 2 is 1.85 bits per heavy atom. The van der Waals surface area contributed by atoms with Gasteiger partial charge in [0.05, 0.1) is 20.6 Å². The van der Waals surface area contributed by atoms with Crippen LogP contribution in [0.15, 0.2) is 0 Å². The minimum absolute atomic E-state index is 0.394. The molecule has 0 aromatic rings. The first kappa shape index (κ1) is 18.0. The van der Waals surface area contributed by atoms with Gasteiger partial charge in [0.15, 0.2) is 0 Å². The molecular weight excluding hydrogens is 246 g/mol. The standard InChI is InChI=1S/C18H38NO/c1-7-8-9-10-13-19(5,6)17-14-16(15(2)3)11-12-18(17,4)20/h15-17,20H,7-14H2,1-6H3/q+1. The van der Waals surface area contributed by atoms with Crippen molar-refractivity contribution in [2.75, 3.05) is 20.6 Å². The predicted octanol–water partition coefficient (Wildman–Crippen LogP) is 4.22. The van der Waals surface area contributed by atoms with Crippen molar-refractivity contribution in [2.24, 2.45) is 11.8 Å². The van der Waals surface area contributed by atoms with Crippen molar-refractivity contribution in [1.29, 1.82) is 0 Å². The first-order chi connectivity index (χ1) is 9.20. The lowest BCUT2D eigenvalue weighted by molar-refractivity contribution is -0.924. The first-order valence-electron chi connectivity index (χ1n) is 8.75. The van der Waals surface area contributed by atoms with Crippen molar-refractivity contribution in [3.05, 3.63) is 0 Å². The molecule has 0 spiro atoms. The van der Waals surface area contributed by atoms with E-state index in [1.165, 1.54) is 45.1 Å². The molecule has 1 fully saturated rings. The number of aliphatic hydroxyl groups is 1. The molecule has 0 heterocycles. The topological polar surface area (TPSA) is 20.2 Å². The fourth-order valence-corrected chi connectivity index (χ4v) is 4.05. The quantitative estimate of drug-likeness (QED) is 0.548. The maximum atomic E-state index is 10.9. The Kier molecular flexibility index (Phi) is 6.53. The van der Waals surface area contributed by atoms with E-state index in [2.05, 4.69) is 41.8 Å². The molecule has 20 heavy (non-hydrogen) atoms. The van der Waals surface area contributed by atoms with E-state index in [1.54, 1.807) is 0 Å². The van der Waals surface area contributed by atoms with Crippen molar-refractivity contribution < 1.29 is 9.59 Å². The Morgan fingerprint density at radius 1 is 1.20 bits per heavy atom. The lowest BCUT2D eigenvalue weighted by Crippen LogP contribution is -2.62. The molecule has 0 radical (unpaired) electrons. The van der Waals surface area contributed by atoms with Crippen molar-refractivity contribution in [3.63, 3.8) is 0 Å². The van der Waals surface area contributed by atoms with Gasteiger partial charge in [-0.05, 0) is 44.4 Å². The van der Waals surface area contributed by atoms with Crippen molar-refractivity contribution in [2.45, 2.75) is 84.3 Å². The third-order valence-corrected chi connectivity index (χ3v) is 5.64.